The van der Waals surface area contributed by atoms with Gasteiger partial charge >= 0.3 is 0 Å². The molecule has 0 bridgehead atoms. The van der Waals surface area contributed by atoms with E-state index >= 15 is 0 Å². The molecule has 0 spiro atoms. The number of nitrogens with zero attached hydrogens (tertiary/aromatic N) is 1. The van der Waals surface area contributed by atoms with Crippen LogP contribution < -0.4 is 4.74 Å². The first kappa shape index (κ1) is 15.2. The molecule has 0 aromatic heterocycles. The molecule has 110 valence electrons. The molecule has 0 aliphatic heterocycles. The first-order chi connectivity index (χ1) is 9.88. The monoisotopic (exact) mass is 311 g/mol. The van der Waals surface area contributed by atoms with E-state index in [1.165, 1.54) is 31.2 Å². The molecule has 7 heteroatoms. The Labute approximate surface area is 124 Å². The third-order valence-electron chi connectivity index (χ3n) is 2.78. The van der Waals surface area contributed by atoms with Gasteiger partial charge in [-0.25, -0.2) is 4.39 Å². The van der Waals surface area contributed by atoms with Crippen LogP contribution in [0.4, 0.5) is 10.1 Å². The number of halogens is 2. The molecule has 0 unspecified atom stereocenters. The van der Waals surface area contributed by atoms with E-state index in [9.17, 15) is 19.6 Å². The largest absolute Gasteiger partial charge is 0.453 e. The van der Waals surface area contributed by atoms with E-state index in [0.29, 0.717) is 5.56 Å². The van der Waals surface area contributed by atoms with E-state index in [2.05, 4.69) is 0 Å². The van der Waals surface area contributed by atoms with Gasteiger partial charge in [0.15, 0.2) is 11.6 Å². The topological polar surface area (TPSA) is 72.6 Å². The summed E-state index contributed by atoms with van der Waals surface area (Å²) in [4.78, 5) is 10.0. The van der Waals surface area contributed by atoms with Crippen molar-refractivity contribution in [2.24, 2.45) is 0 Å². The molecule has 2 aromatic rings. The zero-order chi connectivity index (χ0) is 15.6. The smallest absolute Gasteiger partial charge is 0.271 e. The van der Waals surface area contributed by atoms with Gasteiger partial charge < -0.3 is 9.84 Å². The molecular formula is C14H11ClFNO4. The highest BCUT2D eigenvalue weighted by Crippen LogP contribution is 2.34. The van der Waals surface area contributed by atoms with Crippen LogP contribution in [0, 0.1) is 15.9 Å². The van der Waals surface area contributed by atoms with Crippen LogP contribution in [-0.4, -0.2) is 10.0 Å². The van der Waals surface area contributed by atoms with E-state index in [1.54, 1.807) is 0 Å². The van der Waals surface area contributed by atoms with Crippen molar-refractivity contribution in [3.63, 3.8) is 0 Å². The van der Waals surface area contributed by atoms with E-state index < -0.39 is 16.8 Å². The predicted molar refractivity (Wildman–Crippen MR) is 75.2 cm³/mol. The summed E-state index contributed by atoms with van der Waals surface area (Å²) < 4.78 is 19.1. The van der Waals surface area contributed by atoms with Gasteiger partial charge in [0, 0.05) is 12.1 Å². The average Bonchev–Trinajstić information content (AvgIpc) is 2.42. The fourth-order valence-electron chi connectivity index (χ4n) is 1.66. The second kappa shape index (κ2) is 6.07. The summed E-state index contributed by atoms with van der Waals surface area (Å²) in [7, 11) is 0. The second-order valence-corrected chi connectivity index (χ2v) is 4.75. The minimum absolute atomic E-state index is 0.00297. The van der Waals surface area contributed by atoms with Crippen LogP contribution in [0.2, 0.25) is 5.02 Å². The molecule has 2 aromatic carbocycles. The molecule has 0 fully saturated rings. The van der Waals surface area contributed by atoms with Crippen LogP contribution in [0.3, 0.4) is 0 Å². The number of rotatable bonds is 4. The van der Waals surface area contributed by atoms with E-state index in [1.807, 2.05) is 0 Å². The van der Waals surface area contributed by atoms with Gasteiger partial charge in [0.05, 0.1) is 16.0 Å². The minimum atomic E-state index is -0.795. The number of hydrogen-bond donors (Lipinski definition) is 1. The Kier molecular flexibility index (Phi) is 4.40. The highest BCUT2D eigenvalue weighted by atomic mass is 35.5. The summed E-state index contributed by atoms with van der Waals surface area (Å²) in [5, 5.41) is 20.0. The van der Waals surface area contributed by atoms with Crippen molar-refractivity contribution < 1.29 is 19.2 Å². The zero-order valence-corrected chi connectivity index (χ0v) is 11.7. The first-order valence-electron chi connectivity index (χ1n) is 5.98. The summed E-state index contributed by atoms with van der Waals surface area (Å²) in [5.74, 6) is -0.649. The van der Waals surface area contributed by atoms with Crippen molar-refractivity contribution in [1.82, 2.24) is 0 Å². The van der Waals surface area contributed by atoms with Crippen LogP contribution in [0.5, 0.6) is 11.5 Å². The Morgan fingerprint density at radius 1 is 1.29 bits per heavy atom. The van der Waals surface area contributed by atoms with Crippen molar-refractivity contribution in [2.75, 3.05) is 0 Å². The maximum atomic E-state index is 13.8. The van der Waals surface area contributed by atoms with Gasteiger partial charge in [0.25, 0.3) is 5.69 Å². The number of hydrogen-bond acceptors (Lipinski definition) is 4. The van der Waals surface area contributed by atoms with Crippen LogP contribution in [0.15, 0.2) is 36.4 Å². The maximum Gasteiger partial charge on any atom is 0.271 e. The number of benzene rings is 2. The molecule has 1 atom stereocenters. The van der Waals surface area contributed by atoms with E-state index in [0.717, 1.165) is 12.1 Å². The normalized spacial score (nSPS) is 12.0. The molecule has 0 heterocycles. The fraction of sp³-hybridized carbons (Fsp3) is 0.143. The lowest BCUT2D eigenvalue weighted by Crippen LogP contribution is -1.95. The molecular weight excluding hydrogens is 301 g/mol. The number of nitro benzene ring substituents is 1. The quantitative estimate of drug-likeness (QED) is 0.677. The van der Waals surface area contributed by atoms with Gasteiger partial charge in [-0.15, -0.1) is 0 Å². The van der Waals surface area contributed by atoms with Crippen molar-refractivity contribution in [1.29, 1.82) is 0 Å². The van der Waals surface area contributed by atoms with E-state index in [4.69, 9.17) is 16.3 Å². The SMILES string of the molecule is C[C@@H](O)c1ccc(Oc2ccc([N+](=O)[O-])cc2Cl)c(F)c1. The number of aliphatic hydroxyl groups excluding tert-OH is 1. The fourth-order valence-corrected chi connectivity index (χ4v) is 1.88. The summed E-state index contributed by atoms with van der Waals surface area (Å²) in [6, 6.07) is 7.65. The van der Waals surface area contributed by atoms with Crippen molar-refractivity contribution >= 4 is 17.3 Å². The number of aliphatic hydroxyl groups is 1. The van der Waals surface area contributed by atoms with Crippen molar-refractivity contribution in [2.45, 2.75) is 13.0 Å². The lowest BCUT2D eigenvalue weighted by Gasteiger charge is -2.10. The lowest BCUT2D eigenvalue weighted by atomic mass is 10.1. The molecule has 2 rings (SSSR count). The predicted octanol–water partition coefficient (Wildman–Crippen LogP) is 4.23. The van der Waals surface area contributed by atoms with Gasteiger partial charge in [0.2, 0.25) is 0 Å². The minimum Gasteiger partial charge on any atom is -0.453 e. The number of nitro groups is 1. The first-order valence-corrected chi connectivity index (χ1v) is 6.35. The van der Waals surface area contributed by atoms with Gasteiger partial charge in [-0.2, -0.15) is 0 Å². The average molecular weight is 312 g/mol. The van der Waals surface area contributed by atoms with Crippen molar-refractivity contribution in [3.05, 3.63) is 62.9 Å². The molecule has 0 aliphatic carbocycles. The summed E-state index contributed by atoms with van der Waals surface area (Å²) in [6.45, 7) is 1.52. The molecule has 0 amide bonds. The maximum absolute atomic E-state index is 13.8. The molecule has 0 saturated heterocycles. The standard InChI is InChI=1S/C14H11ClFNO4/c1-8(18)9-2-4-14(12(16)6-9)21-13-5-3-10(17(19)20)7-11(13)15/h2-8,18H,1H3/t8-/m1/s1. The third-order valence-corrected chi connectivity index (χ3v) is 3.08. The van der Waals surface area contributed by atoms with Crippen LogP contribution in [0.1, 0.15) is 18.6 Å². The molecule has 0 aliphatic rings. The Balaban J connectivity index is 2.28. The molecule has 0 radical (unpaired) electrons. The molecule has 5 nitrogen and oxygen atoms in total. The van der Waals surface area contributed by atoms with Crippen LogP contribution in [-0.2, 0) is 0 Å². The van der Waals surface area contributed by atoms with Crippen molar-refractivity contribution in [3.8, 4) is 11.5 Å². The number of ether oxygens (including phenoxy) is 1. The molecule has 0 saturated carbocycles. The van der Waals surface area contributed by atoms with Crippen LogP contribution in [0.25, 0.3) is 0 Å². The molecule has 1 N–H and O–H groups in total. The second-order valence-electron chi connectivity index (χ2n) is 4.34. The number of non-ortho nitro benzene ring substituents is 1. The molecule has 21 heavy (non-hydrogen) atoms. The lowest BCUT2D eigenvalue weighted by molar-refractivity contribution is -0.384. The highest BCUT2D eigenvalue weighted by Gasteiger charge is 2.13. The van der Waals surface area contributed by atoms with Gasteiger partial charge in [-0.05, 0) is 30.7 Å². The van der Waals surface area contributed by atoms with Crippen LogP contribution >= 0.6 is 11.6 Å². The highest BCUT2D eigenvalue weighted by molar-refractivity contribution is 6.32. The Bertz CT molecular complexity index is 691. The van der Waals surface area contributed by atoms with Gasteiger partial charge in [-0.3, -0.25) is 10.1 Å². The third kappa shape index (κ3) is 3.48. The summed E-state index contributed by atoms with van der Waals surface area (Å²) >= 11 is 5.87. The van der Waals surface area contributed by atoms with E-state index in [-0.39, 0.29) is 22.2 Å². The Morgan fingerprint density at radius 2 is 1.95 bits per heavy atom. The van der Waals surface area contributed by atoms with Gasteiger partial charge in [0.1, 0.15) is 5.75 Å². The zero-order valence-electron chi connectivity index (χ0n) is 10.9. The summed E-state index contributed by atoms with van der Waals surface area (Å²) in [6.07, 6.45) is -0.795. The van der Waals surface area contributed by atoms with Gasteiger partial charge in [-0.1, -0.05) is 17.7 Å². The Morgan fingerprint density at radius 3 is 2.48 bits per heavy atom. The summed E-state index contributed by atoms with van der Waals surface area (Å²) in [5.41, 5.74) is 0.229. The Hall–Kier alpha value is -2.18.